The van der Waals surface area contributed by atoms with Gasteiger partial charge in [0, 0.05) is 5.69 Å². The van der Waals surface area contributed by atoms with Gasteiger partial charge in [0.25, 0.3) is 0 Å². The van der Waals surface area contributed by atoms with Crippen LogP contribution in [-0.4, -0.2) is 26.3 Å². The first kappa shape index (κ1) is 13.9. The van der Waals surface area contributed by atoms with Crippen LogP contribution in [-0.2, 0) is 12.8 Å². The summed E-state index contributed by atoms with van der Waals surface area (Å²) in [7, 11) is 0. The van der Waals surface area contributed by atoms with Crippen molar-refractivity contribution in [1.82, 2.24) is 15.2 Å². The second kappa shape index (κ2) is 6.10. The van der Waals surface area contributed by atoms with Gasteiger partial charge in [0.2, 0.25) is 5.95 Å². The van der Waals surface area contributed by atoms with Crippen molar-refractivity contribution >= 4 is 17.6 Å². The predicted octanol–water partition coefficient (Wildman–Crippen LogP) is 2.44. The first-order valence-corrected chi connectivity index (χ1v) is 6.46. The van der Waals surface area contributed by atoms with Gasteiger partial charge in [-0.05, 0) is 37.1 Å². The minimum absolute atomic E-state index is 0.241. The van der Waals surface area contributed by atoms with Crippen molar-refractivity contribution in [3.63, 3.8) is 0 Å². The lowest BCUT2D eigenvalue weighted by Gasteiger charge is -2.07. The van der Waals surface area contributed by atoms with E-state index < -0.39 is 5.97 Å². The van der Waals surface area contributed by atoms with E-state index in [-0.39, 0.29) is 5.56 Å². The number of benzene rings is 1. The van der Waals surface area contributed by atoms with Crippen LogP contribution in [0.15, 0.2) is 24.3 Å². The molecule has 0 aliphatic rings. The Balaban J connectivity index is 2.19. The number of hydrogen-bond acceptors (Lipinski definition) is 5. The molecule has 0 unspecified atom stereocenters. The van der Waals surface area contributed by atoms with Crippen molar-refractivity contribution in [3.05, 3.63) is 41.2 Å². The van der Waals surface area contributed by atoms with Crippen LogP contribution >= 0.6 is 0 Å². The number of hydrogen-bond donors (Lipinski definition) is 2. The Hall–Kier alpha value is -2.50. The molecule has 2 N–H and O–H groups in total. The van der Waals surface area contributed by atoms with E-state index >= 15 is 0 Å². The first-order valence-electron chi connectivity index (χ1n) is 6.46. The second-order valence-electron chi connectivity index (χ2n) is 4.24. The Morgan fingerprint density at radius 2 is 1.75 bits per heavy atom. The highest BCUT2D eigenvalue weighted by atomic mass is 16.4. The quantitative estimate of drug-likeness (QED) is 0.869. The SMILES string of the molecule is CCc1nnc(Nc2ccc(C(=O)O)cc2)nc1CC. The van der Waals surface area contributed by atoms with Crippen molar-refractivity contribution in [2.45, 2.75) is 26.7 Å². The van der Waals surface area contributed by atoms with E-state index in [1.54, 1.807) is 12.1 Å². The molecular weight excluding hydrogens is 256 g/mol. The van der Waals surface area contributed by atoms with Gasteiger partial charge in [-0.3, -0.25) is 0 Å². The summed E-state index contributed by atoms with van der Waals surface area (Å²) in [5.74, 6) is -0.530. The third-order valence-corrected chi connectivity index (χ3v) is 2.90. The van der Waals surface area contributed by atoms with Crippen molar-refractivity contribution < 1.29 is 9.90 Å². The number of aromatic nitrogens is 3. The average Bonchev–Trinajstić information content (AvgIpc) is 2.47. The molecule has 6 nitrogen and oxygen atoms in total. The van der Waals surface area contributed by atoms with Crippen LogP contribution in [0.3, 0.4) is 0 Å². The van der Waals surface area contributed by atoms with Gasteiger partial charge in [0.05, 0.1) is 17.0 Å². The van der Waals surface area contributed by atoms with Gasteiger partial charge in [-0.15, -0.1) is 10.2 Å². The highest BCUT2D eigenvalue weighted by molar-refractivity contribution is 5.88. The third kappa shape index (κ3) is 3.09. The summed E-state index contributed by atoms with van der Waals surface area (Å²) < 4.78 is 0. The molecule has 0 fully saturated rings. The van der Waals surface area contributed by atoms with Gasteiger partial charge in [-0.25, -0.2) is 9.78 Å². The molecule has 104 valence electrons. The van der Waals surface area contributed by atoms with Gasteiger partial charge in [-0.1, -0.05) is 13.8 Å². The lowest BCUT2D eigenvalue weighted by atomic mass is 10.2. The maximum absolute atomic E-state index is 10.8. The van der Waals surface area contributed by atoms with Crippen LogP contribution < -0.4 is 5.32 Å². The Bertz CT molecular complexity index is 611. The molecule has 0 aliphatic heterocycles. The zero-order chi connectivity index (χ0) is 14.5. The molecule has 2 rings (SSSR count). The summed E-state index contributed by atoms with van der Waals surface area (Å²) in [6.45, 7) is 4.04. The van der Waals surface area contributed by atoms with Crippen molar-refractivity contribution in [3.8, 4) is 0 Å². The molecule has 0 radical (unpaired) electrons. The smallest absolute Gasteiger partial charge is 0.335 e. The Morgan fingerprint density at radius 3 is 2.30 bits per heavy atom. The number of carboxylic acid groups (broad SMARTS) is 1. The standard InChI is InChI=1S/C14H16N4O2/c1-3-11-12(4-2)17-18-14(16-11)15-10-7-5-9(6-8-10)13(19)20/h5-8H,3-4H2,1-2H3,(H,19,20)(H,15,16,18). The molecule has 0 aliphatic carbocycles. The molecule has 6 heteroatoms. The molecule has 1 aromatic carbocycles. The van der Waals surface area contributed by atoms with Crippen molar-refractivity contribution in [1.29, 1.82) is 0 Å². The van der Waals surface area contributed by atoms with E-state index in [1.807, 2.05) is 13.8 Å². The summed E-state index contributed by atoms with van der Waals surface area (Å²) in [6.07, 6.45) is 1.60. The van der Waals surface area contributed by atoms with Crippen LogP contribution in [0.5, 0.6) is 0 Å². The summed E-state index contributed by atoms with van der Waals surface area (Å²) >= 11 is 0. The van der Waals surface area contributed by atoms with E-state index in [4.69, 9.17) is 5.11 Å². The zero-order valence-electron chi connectivity index (χ0n) is 11.4. The van der Waals surface area contributed by atoms with Gasteiger partial charge < -0.3 is 10.4 Å². The normalized spacial score (nSPS) is 10.3. The Kier molecular flexibility index (Phi) is 4.24. The number of nitrogens with zero attached hydrogens (tertiary/aromatic N) is 3. The van der Waals surface area contributed by atoms with Crippen molar-refractivity contribution in [2.24, 2.45) is 0 Å². The van der Waals surface area contributed by atoms with Crippen LogP contribution in [0.1, 0.15) is 35.6 Å². The topological polar surface area (TPSA) is 88.0 Å². The van der Waals surface area contributed by atoms with E-state index in [9.17, 15) is 4.79 Å². The largest absolute Gasteiger partial charge is 0.478 e. The number of aromatic carboxylic acids is 1. The fourth-order valence-corrected chi connectivity index (χ4v) is 1.82. The van der Waals surface area contributed by atoms with Crippen LogP contribution in [0.2, 0.25) is 0 Å². The van der Waals surface area contributed by atoms with Crippen LogP contribution in [0, 0.1) is 0 Å². The number of aryl methyl sites for hydroxylation is 2. The number of carboxylic acids is 1. The highest BCUT2D eigenvalue weighted by Gasteiger charge is 2.07. The van der Waals surface area contributed by atoms with Gasteiger partial charge in [-0.2, -0.15) is 0 Å². The maximum Gasteiger partial charge on any atom is 0.335 e. The summed E-state index contributed by atoms with van der Waals surface area (Å²) in [5, 5.41) is 20.0. The molecule has 0 atom stereocenters. The van der Waals surface area contributed by atoms with E-state index in [1.165, 1.54) is 12.1 Å². The Morgan fingerprint density at radius 1 is 1.10 bits per heavy atom. The van der Waals surface area contributed by atoms with Gasteiger partial charge >= 0.3 is 5.97 Å². The molecule has 1 aromatic heterocycles. The number of rotatable bonds is 5. The van der Waals surface area contributed by atoms with Crippen LogP contribution in [0.25, 0.3) is 0 Å². The molecule has 0 saturated heterocycles. The predicted molar refractivity (Wildman–Crippen MR) is 75.3 cm³/mol. The van der Waals surface area contributed by atoms with Gasteiger partial charge in [0.1, 0.15) is 0 Å². The summed E-state index contributed by atoms with van der Waals surface area (Å²) in [5.41, 5.74) is 2.79. The number of anilines is 2. The summed E-state index contributed by atoms with van der Waals surface area (Å²) in [6, 6.07) is 6.40. The molecule has 20 heavy (non-hydrogen) atoms. The number of carbonyl (C=O) groups is 1. The summed E-state index contributed by atoms with van der Waals surface area (Å²) in [4.78, 5) is 15.2. The van der Waals surface area contributed by atoms with Crippen molar-refractivity contribution in [2.75, 3.05) is 5.32 Å². The first-order chi connectivity index (χ1) is 9.63. The lowest BCUT2D eigenvalue weighted by Crippen LogP contribution is -2.06. The van der Waals surface area contributed by atoms with E-state index in [2.05, 4.69) is 20.5 Å². The second-order valence-corrected chi connectivity index (χ2v) is 4.24. The molecule has 0 spiro atoms. The monoisotopic (exact) mass is 272 g/mol. The minimum atomic E-state index is -0.949. The fourth-order valence-electron chi connectivity index (χ4n) is 1.82. The molecule has 0 bridgehead atoms. The molecule has 0 saturated carbocycles. The average molecular weight is 272 g/mol. The van der Waals surface area contributed by atoms with E-state index in [0.717, 1.165) is 29.9 Å². The minimum Gasteiger partial charge on any atom is -0.478 e. The molecular formula is C14H16N4O2. The van der Waals surface area contributed by atoms with Crippen LogP contribution in [0.4, 0.5) is 11.6 Å². The lowest BCUT2D eigenvalue weighted by molar-refractivity contribution is 0.0697. The van der Waals surface area contributed by atoms with E-state index in [0.29, 0.717) is 5.95 Å². The third-order valence-electron chi connectivity index (χ3n) is 2.90. The molecule has 2 aromatic rings. The number of nitrogens with one attached hydrogen (secondary N) is 1. The molecule has 1 heterocycles. The van der Waals surface area contributed by atoms with Gasteiger partial charge in [0.15, 0.2) is 0 Å². The maximum atomic E-state index is 10.8. The Labute approximate surface area is 116 Å². The fraction of sp³-hybridized carbons (Fsp3) is 0.286. The molecule has 0 amide bonds. The highest BCUT2D eigenvalue weighted by Crippen LogP contribution is 2.15. The zero-order valence-corrected chi connectivity index (χ0v) is 11.4.